The van der Waals surface area contributed by atoms with Gasteiger partial charge in [-0.2, -0.15) is 0 Å². The molecule has 0 bridgehead atoms. The van der Waals surface area contributed by atoms with E-state index in [1.54, 1.807) is 11.1 Å². The molecule has 1 atom stereocenters. The van der Waals surface area contributed by atoms with Crippen LogP contribution in [0.2, 0.25) is 0 Å². The molecule has 2 radical (unpaired) electrons. The van der Waals surface area contributed by atoms with Gasteiger partial charge in [-0.15, -0.1) is 5.47 Å². The molecule has 0 spiro atoms. The number of hydrogen-bond donors (Lipinski definition) is 0. The van der Waals surface area contributed by atoms with E-state index < -0.39 is 0 Å². The number of amides is 1. The number of carbonyl (C=O) groups is 1. The van der Waals surface area contributed by atoms with Crippen LogP contribution in [-0.4, -0.2) is 37.9 Å². The van der Waals surface area contributed by atoms with Gasteiger partial charge in [-0.1, -0.05) is 0 Å². The molecular weight excluding hydrogens is 165 g/mol. The van der Waals surface area contributed by atoms with E-state index in [0.29, 0.717) is 19.4 Å². The average Bonchev–Trinajstić information content (AvgIpc) is 2.61. The second kappa shape index (κ2) is 3.54. The molecule has 1 unspecified atom stereocenters. The number of nitrogens with zero attached hydrogens (tertiary/aromatic N) is 1. The summed E-state index contributed by atoms with van der Waals surface area (Å²) in [5.74, 6) is 0.171. The summed E-state index contributed by atoms with van der Waals surface area (Å²) in [6, 6.07) is 0.214. The summed E-state index contributed by atoms with van der Waals surface area (Å²) < 4.78 is 5.23. The summed E-state index contributed by atoms with van der Waals surface area (Å²) in [5, 5.41) is 0. The fourth-order valence-electron chi connectivity index (χ4n) is 1.75. The van der Waals surface area contributed by atoms with E-state index in [4.69, 9.17) is 12.6 Å². The molecule has 1 saturated heterocycles. The number of allylic oxidation sites excluding steroid dienone is 1. The lowest BCUT2D eigenvalue weighted by molar-refractivity contribution is -0.131. The third-order valence-electron chi connectivity index (χ3n) is 2.52. The Morgan fingerprint density at radius 3 is 3.08 bits per heavy atom. The van der Waals surface area contributed by atoms with Crippen LogP contribution >= 0.6 is 0 Å². The van der Waals surface area contributed by atoms with Gasteiger partial charge in [0.15, 0.2) is 0 Å². The van der Waals surface area contributed by atoms with E-state index in [0.717, 1.165) is 18.5 Å². The first-order chi connectivity index (χ1) is 6.27. The predicted octanol–water partition coefficient (Wildman–Crippen LogP) is 0.408. The van der Waals surface area contributed by atoms with E-state index in [-0.39, 0.29) is 11.9 Å². The van der Waals surface area contributed by atoms with Crippen molar-refractivity contribution in [2.45, 2.75) is 25.3 Å². The molecule has 0 saturated carbocycles. The van der Waals surface area contributed by atoms with E-state index in [1.165, 1.54) is 0 Å². The molecule has 1 fully saturated rings. The third-order valence-corrected chi connectivity index (χ3v) is 2.52. The monoisotopic (exact) mass is 177 g/mol. The van der Waals surface area contributed by atoms with Crippen molar-refractivity contribution < 1.29 is 9.53 Å². The predicted molar refractivity (Wildman–Crippen MR) is 49.1 cm³/mol. The summed E-state index contributed by atoms with van der Waals surface area (Å²) in [6.07, 6.45) is 3.93. The van der Waals surface area contributed by atoms with Crippen LogP contribution in [0.25, 0.3) is 0 Å². The zero-order valence-corrected chi connectivity index (χ0v) is 7.53. The van der Waals surface area contributed by atoms with Crippen molar-refractivity contribution in [2.24, 2.45) is 0 Å². The molecule has 2 heterocycles. The number of hydrogen-bond acceptors (Lipinski definition) is 2. The van der Waals surface area contributed by atoms with Crippen LogP contribution in [0, 0.1) is 0 Å². The van der Waals surface area contributed by atoms with Crippen molar-refractivity contribution in [3.8, 4) is 0 Å². The number of rotatable bonds is 1. The summed E-state index contributed by atoms with van der Waals surface area (Å²) in [4.78, 5) is 13.2. The lowest BCUT2D eigenvalue weighted by atomic mass is 9.89. The number of carbonyl (C=O) groups excluding carboxylic acids is 1. The van der Waals surface area contributed by atoms with Gasteiger partial charge in [-0.05, 0) is 19.0 Å². The molecule has 3 nitrogen and oxygen atoms in total. The van der Waals surface area contributed by atoms with Gasteiger partial charge in [0.05, 0.1) is 12.6 Å². The highest BCUT2D eigenvalue weighted by Crippen LogP contribution is 2.20. The Morgan fingerprint density at radius 1 is 1.54 bits per heavy atom. The molecular formula is C9H12BNO2. The third kappa shape index (κ3) is 1.77. The van der Waals surface area contributed by atoms with Crippen LogP contribution in [0.3, 0.4) is 0 Å². The van der Waals surface area contributed by atoms with Gasteiger partial charge in [0.2, 0.25) is 5.91 Å². The second-order valence-electron chi connectivity index (χ2n) is 3.52. The molecule has 2 aliphatic rings. The Morgan fingerprint density at radius 2 is 2.38 bits per heavy atom. The van der Waals surface area contributed by atoms with Gasteiger partial charge >= 0.3 is 0 Å². The summed E-state index contributed by atoms with van der Waals surface area (Å²) in [6.45, 7) is 1.40. The normalized spacial score (nSPS) is 29.2. The maximum absolute atomic E-state index is 11.5. The lowest BCUT2D eigenvalue weighted by Crippen LogP contribution is -2.38. The van der Waals surface area contributed by atoms with Crippen molar-refractivity contribution in [3.05, 3.63) is 11.7 Å². The molecule has 0 aliphatic carbocycles. The molecule has 0 N–H and O–H groups in total. The van der Waals surface area contributed by atoms with Gasteiger partial charge in [0.25, 0.3) is 0 Å². The molecule has 0 aromatic carbocycles. The highest BCUT2D eigenvalue weighted by atomic mass is 16.5. The minimum Gasteiger partial charge on any atom is -0.379 e. The van der Waals surface area contributed by atoms with Crippen molar-refractivity contribution in [2.75, 3.05) is 13.2 Å². The van der Waals surface area contributed by atoms with Crippen LogP contribution in [0.5, 0.6) is 0 Å². The zero-order valence-electron chi connectivity index (χ0n) is 7.53. The quantitative estimate of drug-likeness (QED) is 0.542. The minimum absolute atomic E-state index is 0.171. The standard InChI is InChI=1S/C9H12BNO2/c10-7-1-2-9(12)11(5-7)8-3-4-13-6-8/h5,8H,1-4,6H2. The Labute approximate surface area is 79.1 Å². The Bertz CT molecular complexity index is 246. The number of ether oxygens (including phenoxy) is 1. The summed E-state index contributed by atoms with van der Waals surface area (Å²) in [5.41, 5.74) is 0.798. The molecule has 2 aliphatic heterocycles. The summed E-state index contributed by atoms with van der Waals surface area (Å²) >= 11 is 0. The molecule has 0 aromatic heterocycles. The van der Waals surface area contributed by atoms with Gasteiger partial charge in [0.1, 0.15) is 7.85 Å². The molecule has 1 amide bonds. The van der Waals surface area contributed by atoms with Crippen LogP contribution in [0.4, 0.5) is 0 Å². The maximum Gasteiger partial charge on any atom is 0.227 e. The first kappa shape index (κ1) is 8.82. The van der Waals surface area contributed by atoms with E-state index in [9.17, 15) is 4.79 Å². The molecule has 2 rings (SSSR count). The van der Waals surface area contributed by atoms with Gasteiger partial charge in [0, 0.05) is 13.0 Å². The van der Waals surface area contributed by atoms with Crippen molar-refractivity contribution >= 4 is 13.8 Å². The van der Waals surface area contributed by atoms with Gasteiger partial charge in [-0.25, -0.2) is 0 Å². The molecule has 4 heteroatoms. The van der Waals surface area contributed by atoms with Crippen LogP contribution < -0.4 is 0 Å². The zero-order chi connectivity index (χ0) is 9.26. The highest BCUT2D eigenvalue weighted by molar-refractivity contribution is 6.22. The SMILES string of the molecule is [B]C1=CN(C2CCOC2)C(=O)CC1. The fraction of sp³-hybridized carbons (Fsp3) is 0.667. The average molecular weight is 177 g/mol. The minimum atomic E-state index is 0.171. The van der Waals surface area contributed by atoms with Crippen molar-refractivity contribution in [3.63, 3.8) is 0 Å². The maximum atomic E-state index is 11.5. The summed E-state index contributed by atoms with van der Waals surface area (Å²) in [7, 11) is 5.68. The van der Waals surface area contributed by atoms with E-state index in [1.807, 2.05) is 0 Å². The molecule has 0 aromatic rings. The Hall–Kier alpha value is -0.765. The highest BCUT2D eigenvalue weighted by Gasteiger charge is 2.27. The Kier molecular flexibility index (Phi) is 2.40. The second-order valence-corrected chi connectivity index (χ2v) is 3.52. The first-order valence-corrected chi connectivity index (χ1v) is 4.62. The lowest BCUT2D eigenvalue weighted by Gasteiger charge is -2.28. The molecule has 13 heavy (non-hydrogen) atoms. The van der Waals surface area contributed by atoms with Crippen LogP contribution in [0.15, 0.2) is 11.7 Å². The fourth-order valence-corrected chi connectivity index (χ4v) is 1.75. The van der Waals surface area contributed by atoms with Crippen LogP contribution in [-0.2, 0) is 9.53 Å². The smallest absolute Gasteiger partial charge is 0.227 e. The van der Waals surface area contributed by atoms with E-state index >= 15 is 0 Å². The van der Waals surface area contributed by atoms with Crippen molar-refractivity contribution in [1.82, 2.24) is 4.90 Å². The Balaban J connectivity index is 2.10. The van der Waals surface area contributed by atoms with E-state index in [2.05, 4.69) is 0 Å². The van der Waals surface area contributed by atoms with Crippen LogP contribution in [0.1, 0.15) is 19.3 Å². The topological polar surface area (TPSA) is 29.5 Å². The van der Waals surface area contributed by atoms with Gasteiger partial charge < -0.3 is 9.64 Å². The molecule has 68 valence electrons. The van der Waals surface area contributed by atoms with Crippen molar-refractivity contribution in [1.29, 1.82) is 0 Å². The largest absolute Gasteiger partial charge is 0.379 e. The first-order valence-electron chi connectivity index (χ1n) is 4.62. The van der Waals surface area contributed by atoms with Gasteiger partial charge in [-0.3, -0.25) is 4.79 Å².